The average Bonchev–Trinajstić information content (AvgIpc) is 2.92. The Hall–Kier alpha value is -2.11. The number of nitrogen functional groups attached to an aromatic ring is 1. The zero-order valence-corrected chi connectivity index (χ0v) is 11.0. The van der Waals surface area contributed by atoms with Crippen LogP contribution < -0.4 is 5.73 Å². The Bertz CT molecular complexity index is 527. The first-order valence-corrected chi connectivity index (χ1v) is 6.57. The number of nitrogens with two attached hydrogens (primary N) is 1. The minimum atomic E-state index is -1.07. The van der Waals surface area contributed by atoms with Crippen LogP contribution in [-0.2, 0) is 4.79 Å². The lowest BCUT2D eigenvalue weighted by Gasteiger charge is -2.27. The maximum atomic E-state index is 13.4. The quantitative estimate of drug-likeness (QED) is 0.825. The molecule has 1 aromatic rings. The monoisotopic (exact) mass is 280 g/mol. The van der Waals surface area contributed by atoms with Gasteiger partial charge in [0.2, 0.25) is 0 Å². The number of anilines is 1. The van der Waals surface area contributed by atoms with Gasteiger partial charge in [0.05, 0.1) is 5.69 Å². The van der Waals surface area contributed by atoms with Crippen molar-refractivity contribution < 1.29 is 19.1 Å². The van der Waals surface area contributed by atoms with E-state index in [1.807, 2.05) is 0 Å². The first-order chi connectivity index (χ1) is 9.49. The fourth-order valence-corrected chi connectivity index (χ4v) is 2.55. The smallest absolute Gasteiger partial charge is 0.323 e. The van der Waals surface area contributed by atoms with Crippen LogP contribution in [-0.4, -0.2) is 34.5 Å². The van der Waals surface area contributed by atoms with Crippen molar-refractivity contribution in [3.05, 3.63) is 29.6 Å². The average molecular weight is 280 g/mol. The molecule has 1 aliphatic rings. The van der Waals surface area contributed by atoms with Crippen molar-refractivity contribution in [3.8, 4) is 0 Å². The molecule has 1 aromatic carbocycles. The molecule has 0 radical (unpaired) electrons. The topological polar surface area (TPSA) is 83.6 Å². The maximum absolute atomic E-state index is 13.4. The molecule has 0 unspecified atom stereocenters. The SMILES string of the molecule is Nc1ccc(C(=O)N(CC(=O)O)C2CCCC2)cc1F. The number of hydrogen-bond acceptors (Lipinski definition) is 3. The van der Waals surface area contributed by atoms with Gasteiger partial charge in [0.1, 0.15) is 12.4 Å². The van der Waals surface area contributed by atoms with E-state index in [9.17, 15) is 14.0 Å². The number of carbonyl (C=O) groups excluding carboxylic acids is 1. The van der Waals surface area contributed by atoms with Crippen LogP contribution >= 0.6 is 0 Å². The third-order valence-electron chi connectivity index (χ3n) is 3.58. The van der Waals surface area contributed by atoms with Crippen molar-refractivity contribution in [2.75, 3.05) is 12.3 Å². The van der Waals surface area contributed by atoms with Crippen LogP contribution in [0.25, 0.3) is 0 Å². The second kappa shape index (κ2) is 5.90. The highest BCUT2D eigenvalue weighted by atomic mass is 19.1. The Morgan fingerprint density at radius 2 is 2.00 bits per heavy atom. The van der Waals surface area contributed by atoms with E-state index in [0.717, 1.165) is 31.7 Å². The van der Waals surface area contributed by atoms with E-state index in [1.54, 1.807) is 0 Å². The van der Waals surface area contributed by atoms with E-state index in [2.05, 4.69) is 0 Å². The van der Waals surface area contributed by atoms with E-state index < -0.39 is 17.7 Å². The summed E-state index contributed by atoms with van der Waals surface area (Å²) in [6.07, 6.45) is 3.53. The second-order valence-corrected chi connectivity index (χ2v) is 5.00. The molecule has 0 spiro atoms. The van der Waals surface area contributed by atoms with Gasteiger partial charge in [-0.25, -0.2) is 4.39 Å². The van der Waals surface area contributed by atoms with Gasteiger partial charge in [-0.2, -0.15) is 0 Å². The minimum absolute atomic E-state index is 0.0350. The van der Waals surface area contributed by atoms with Crippen LogP contribution in [0.5, 0.6) is 0 Å². The summed E-state index contributed by atoms with van der Waals surface area (Å²) in [5.41, 5.74) is 5.47. The lowest BCUT2D eigenvalue weighted by Crippen LogP contribution is -2.42. The van der Waals surface area contributed by atoms with Crippen molar-refractivity contribution in [3.63, 3.8) is 0 Å². The van der Waals surface area contributed by atoms with Gasteiger partial charge in [-0.3, -0.25) is 9.59 Å². The molecule has 6 heteroatoms. The van der Waals surface area contributed by atoms with Gasteiger partial charge in [-0.05, 0) is 31.0 Å². The predicted molar refractivity (Wildman–Crippen MR) is 71.7 cm³/mol. The number of halogens is 1. The van der Waals surface area contributed by atoms with Gasteiger partial charge in [0.15, 0.2) is 0 Å². The molecule has 0 saturated heterocycles. The molecule has 5 nitrogen and oxygen atoms in total. The Morgan fingerprint density at radius 1 is 1.35 bits per heavy atom. The van der Waals surface area contributed by atoms with Crippen molar-refractivity contribution in [1.82, 2.24) is 4.90 Å². The molecule has 0 bridgehead atoms. The molecule has 1 saturated carbocycles. The molecule has 3 N–H and O–H groups in total. The number of benzene rings is 1. The van der Waals surface area contributed by atoms with E-state index in [1.165, 1.54) is 17.0 Å². The Labute approximate surface area is 116 Å². The van der Waals surface area contributed by atoms with Crippen LogP contribution in [0.15, 0.2) is 18.2 Å². The van der Waals surface area contributed by atoms with Gasteiger partial charge in [0.25, 0.3) is 5.91 Å². The van der Waals surface area contributed by atoms with Gasteiger partial charge in [0, 0.05) is 11.6 Å². The number of aliphatic carboxylic acids is 1. The van der Waals surface area contributed by atoms with Crippen LogP contribution in [0.4, 0.5) is 10.1 Å². The maximum Gasteiger partial charge on any atom is 0.323 e. The first-order valence-electron chi connectivity index (χ1n) is 6.57. The summed E-state index contributed by atoms with van der Waals surface area (Å²) in [6.45, 7) is -0.366. The second-order valence-electron chi connectivity index (χ2n) is 5.00. The molecule has 0 aliphatic heterocycles. The van der Waals surface area contributed by atoms with E-state index in [-0.39, 0.29) is 23.8 Å². The summed E-state index contributed by atoms with van der Waals surface area (Å²) in [4.78, 5) is 24.6. The fourth-order valence-electron chi connectivity index (χ4n) is 2.55. The summed E-state index contributed by atoms with van der Waals surface area (Å²) in [5.74, 6) is -2.20. The molecule has 1 fully saturated rings. The van der Waals surface area contributed by atoms with E-state index in [4.69, 9.17) is 10.8 Å². The number of carboxylic acid groups (broad SMARTS) is 1. The van der Waals surface area contributed by atoms with Gasteiger partial charge in [-0.1, -0.05) is 12.8 Å². The van der Waals surface area contributed by atoms with Crippen LogP contribution in [0.2, 0.25) is 0 Å². The van der Waals surface area contributed by atoms with Crippen molar-refractivity contribution in [1.29, 1.82) is 0 Å². The highest BCUT2D eigenvalue weighted by molar-refractivity contribution is 5.96. The molecule has 0 atom stereocenters. The predicted octanol–water partition coefficient (Wildman–Crippen LogP) is 1.88. The number of carbonyl (C=O) groups is 2. The molecule has 0 aromatic heterocycles. The minimum Gasteiger partial charge on any atom is -0.480 e. The summed E-state index contributed by atoms with van der Waals surface area (Å²) in [7, 11) is 0. The molecular formula is C14H17FN2O3. The lowest BCUT2D eigenvalue weighted by atomic mass is 10.1. The summed E-state index contributed by atoms with van der Waals surface area (Å²) < 4.78 is 13.4. The van der Waals surface area contributed by atoms with Crippen molar-refractivity contribution in [2.45, 2.75) is 31.7 Å². The first kappa shape index (κ1) is 14.3. The van der Waals surface area contributed by atoms with Gasteiger partial charge < -0.3 is 15.7 Å². The number of amides is 1. The summed E-state index contributed by atoms with van der Waals surface area (Å²) in [5, 5.41) is 8.95. The fraction of sp³-hybridized carbons (Fsp3) is 0.429. The summed E-state index contributed by atoms with van der Waals surface area (Å²) >= 11 is 0. The Balaban J connectivity index is 2.24. The van der Waals surface area contributed by atoms with Crippen molar-refractivity contribution in [2.24, 2.45) is 0 Å². The largest absolute Gasteiger partial charge is 0.480 e. The Morgan fingerprint density at radius 3 is 2.55 bits per heavy atom. The molecule has 0 heterocycles. The molecule has 1 aliphatic carbocycles. The van der Waals surface area contributed by atoms with Crippen LogP contribution in [0.3, 0.4) is 0 Å². The summed E-state index contributed by atoms with van der Waals surface area (Å²) in [6, 6.07) is 3.71. The molecule has 108 valence electrons. The highest BCUT2D eigenvalue weighted by Crippen LogP contribution is 2.25. The van der Waals surface area contributed by atoms with Crippen LogP contribution in [0, 0.1) is 5.82 Å². The zero-order chi connectivity index (χ0) is 14.7. The highest BCUT2D eigenvalue weighted by Gasteiger charge is 2.29. The van der Waals surface area contributed by atoms with Gasteiger partial charge >= 0.3 is 5.97 Å². The number of rotatable bonds is 4. The number of hydrogen-bond donors (Lipinski definition) is 2. The third kappa shape index (κ3) is 3.07. The molecule has 1 amide bonds. The third-order valence-corrected chi connectivity index (χ3v) is 3.58. The Kier molecular flexibility index (Phi) is 4.22. The van der Waals surface area contributed by atoms with Gasteiger partial charge in [-0.15, -0.1) is 0 Å². The molecule has 20 heavy (non-hydrogen) atoms. The lowest BCUT2D eigenvalue weighted by molar-refractivity contribution is -0.138. The molecule has 2 rings (SSSR count). The normalized spacial score (nSPS) is 15.2. The number of carboxylic acids is 1. The zero-order valence-electron chi connectivity index (χ0n) is 11.0. The standard InChI is InChI=1S/C14H17FN2O3/c15-11-7-9(5-6-12(11)16)14(20)17(8-13(18)19)10-3-1-2-4-10/h5-7,10H,1-4,8,16H2,(H,18,19). The van der Waals surface area contributed by atoms with Crippen molar-refractivity contribution >= 4 is 17.6 Å². The van der Waals surface area contributed by atoms with E-state index in [0.29, 0.717) is 0 Å². The van der Waals surface area contributed by atoms with Crippen LogP contribution in [0.1, 0.15) is 36.0 Å². The molecular weight excluding hydrogens is 263 g/mol. The number of nitrogens with zero attached hydrogens (tertiary/aromatic N) is 1. The van der Waals surface area contributed by atoms with E-state index >= 15 is 0 Å².